The Kier molecular flexibility index (Phi) is 5.05. The largest absolute Gasteiger partial charge is 0.356 e. The molecule has 2 heterocycles. The van der Waals surface area contributed by atoms with Crippen LogP contribution in [0.4, 0.5) is 5.95 Å². The molecule has 0 radical (unpaired) electrons. The van der Waals surface area contributed by atoms with Gasteiger partial charge in [0.05, 0.1) is 0 Å². The number of imidazole rings is 1. The predicted octanol–water partition coefficient (Wildman–Crippen LogP) is 2.58. The maximum absolute atomic E-state index is 4.39. The van der Waals surface area contributed by atoms with E-state index in [4.69, 9.17) is 0 Å². The first-order valence-electron chi connectivity index (χ1n) is 7.30. The highest BCUT2D eigenvalue weighted by atomic mass is 15.2. The van der Waals surface area contributed by atoms with Crippen molar-refractivity contribution in [1.29, 1.82) is 0 Å². The summed E-state index contributed by atoms with van der Waals surface area (Å²) in [4.78, 5) is 6.99. The Bertz CT molecular complexity index is 341. The number of anilines is 1. The van der Waals surface area contributed by atoms with Crippen LogP contribution in [0.3, 0.4) is 0 Å². The summed E-state index contributed by atoms with van der Waals surface area (Å²) in [5, 5.41) is 3.38. The molecule has 0 saturated carbocycles. The van der Waals surface area contributed by atoms with Crippen molar-refractivity contribution in [2.45, 2.75) is 52.1 Å². The number of aromatic nitrogens is 2. The fourth-order valence-electron chi connectivity index (χ4n) is 2.62. The zero-order valence-electron chi connectivity index (χ0n) is 11.7. The van der Waals surface area contributed by atoms with E-state index in [9.17, 15) is 0 Å². The lowest BCUT2D eigenvalue weighted by atomic mass is 10.1. The third kappa shape index (κ3) is 3.48. The van der Waals surface area contributed by atoms with Gasteiger partial charge in [0.15, 0.2) is 0 Å². The molecule has 18 heavy (non-hydrogen) atoms. The van der Waals surface area contributed by atoms with E-state index in [2.05, 4.69) is 39.8 Å². The number of hydrogen-bond donors (Lipinski definition) is 1. The Morgan fingerprint density at radius 2 is 2.11 bits per heavy atom. The van der Waals surface area contributed by atoms with Gasteiger partial charge in [-0.1, -0.05) is 13.3 Å². The van der Waals surface area contributed by atoms with Gasteiger partial charge in [0.25, 0.3) is 0 Å². The molecule has 0 spiro atoms. The molecule has 0 amide bonds. The molecule has 1 N–H and O–H groups in total. The van der Waals surface area contributed by atoms with Crippen LogP contribution < -0.4 is 5.32 Å². The van der Waals surface area contributed by atoms with Crippen LogP contribution in [-0.4, -0.2) is 40.1 Å². The topological polar surface area (TPSA) is 33.1 Å². The van der Waals surface area contributed by atoms with Crippen LogP contribution in [0.1, 0.15) is 39.5 Å². The van der Waals surface area contributed by atoms with Crippen molar-refractivity contribution in [3.63, 3.8) is 0 Å². The number of hydrogen-bond acceptors (Lipinski definition) is 3. The second kappa shape index (κ2) is 6.78. The monoisotopic (exact) mass is 250 g/mol. The quantitative estimate of drug-likeness (QED) is 0.842. The van der Waals surface area contributed by atoms with Gasteiger partial charge in [-0.3, -0.25) is 4.90 Å². The van der Waals surface area contributed by atoms with Crippen molar-refractivity contribution in [3.05, 3.63) is 12.4 Å². The molecule has 1 atom stereocenters. The van der Waals surface area contributed by atoms with Crippen molar-refractivity contribution >= 4 is 5.95 Å². The zero-order valence-corrected chi connectivity index (χ0v) is 11.7. The fourth-order valence-corrected chi connectivity index (χ4v) is 2.62. The lowest BCUT2D eigenvalue weighted by Gasteiger charge is -2.32. The predicted molar refractivity (Wildman–Crippen MR) is 75.9 cm³/mol. The highest BCUT2D eigenvalue weighted by Crippen LogP contribution is 2.14. The molecule has 0 bridgehead atoms. The second-order valence-electron chi connectivity index (χ2n) is 5.28. The van der Waals surface area contributed by atoms with Crippen LogP contribution in [-0.2, 0) is 6.54 Å². The zero-order chi connectivity index (χ0) is 12.8. The minimum absolute atomic E-state index is 0.599. The first kappa shape index (κ1) is 13.4. The van der Waals surface area contributed by atoms with Gasteiger partial charge in [0, 0.05) is 31.5 Å². The fraction of sp³-hybridized carbons (Fsp3) is 0.786. The SMILES string of the molecule is CCCNc1nccn1CC(C)N1CCCCC1. The van der Waals surface area contributed by atoms with E-state index >= 15 is 0 Å². The van der Waals surface area contributed by atoms with E-state index in [1.165, 1.54) is 32.4 Å². The van der Waals surface area contributed by atoms with Crippen LogP contribution in [0.5, 0.6) is 0 Å². The van der Waals surface area contributed by atoms with Crippen molar-refractivity contribution < 1.29 is 0 Å². The first-order valence-corrected chi connectivity index (χ1v) is 7.30. The molecule has 0 aromatic carbocycles. The average Bonchev–Trinajstić information content (AvgIpc) is 2.84. The molecule has 0 aliphatic carbocycles. The normalized spacial score (nSPS) is 18.8. The van der Waals surface area contributed by atoms with Crippen molar-refractivity contribution in [2.75, 3.05) is 25.0 Å². The van der Waals surface area contributed by atoms with Crippen LogP contribution >= 0.6 is 0 Å². The molecule has 1 aliphatic rings. The van der Waals surface area contributed by atoms with E-state index in [0.29, 0.717) is 6.04 Å². The highest BCUT2D eigenvalue weighted by Gasteiger charge is 2.17. The molecule has 102 valence electrons. The standard InChI is InChI=1S/C14H26N4/c1-3-7-15-14-16-8-11-18(14)12-13(2)17-9-5-4-6-10-17/h8,11,13H,3-7,9-10,12H2,1-2H3,(H,15,16). The minimum Gasteiger partial charge on any atom is -0.356 e. The number of nitrogens with one attached hydrogen (secondary N) is 1. The van der Waals surface area contributed by atoms with Gasteiger partial charge in [-0.15, -0.1) is 0 Å². The van der Waals surface area contributed by atoms with E-state index in [0.717, 1.165) is 25.5 Å². The molecule has 1 saturated heterocycles. The number of likely N-dealkylation sites (tertiary alicyclic amines) is 1. The minimum atomic E-state index is 0.599. The molecular weight excluding hydrogens is 224 g/mol. The summed E-state index contributed by atoms with van der Waals surface area (Å²) in [6.45, 7) is 9.05. The summed E-state index contributed by atoms with van der Waals surface area (Å²) in [5.74, 6) is 1.01. The maximum atomic E-state index is 4.39. The van der Waals surface area contributed by atoms with Gasteiger partial charge in [-0.25, -0.2) is 4.98 Å². The van der Waals surface area contributed by atoms with Gasteiger partial charge in [-0.2, -0.15) is 0 Å². The van der Waals surface area contributed by atoms with E-state index in [-0.39, 0.29) is 0 Å². The van der Waals surface area contributed by atoms with Crippen molar-refractivity contribution in [2.24, 2.45) is 0 Å². The van der Waals surface area contributed by atoms with Crippen LogP contribution in [0, 0.1) is 0 Å². The first-order chi connectivity index (χ1) is 8.81. The molecule has 1 fully saturated rings. The van der Waals surface area contributed by atoms with Gasteiger partial charge >= 0.3 is 0 Å². The molecule has 4 nitrogen and oxygen atoms in total. The Morgan fingerprint density at radius 3 is 2.83 bits per heavy atom. The molecule has 4 heteroatoms. The molecule has 2 rings (SSSR count). The van der Waals surface area contributed by atoms with Gasteiger partial charge in [0.2, 0.25) is 5.95 Å². The summed E-state index contributed by atoms with van der Waals surface area (Å²) in [7, 11) is 0. The van der Waals surface area contributed by atoms with Crippen LogP contribution in [0.15, 0.2) is 12.4 Å². The second-order valence-corrected chi connectivity index (χ2v) is 5.28. The third-order valence-electron chi connectivity index (χ3n) is 3.72. The Labute approximate surface area is 110 Å². The van der Waals surface area contributed by atoms with Crippen LogP contribution in [0.2, 0.25) is 0 Å². The highest BCUT2D eigenvalue weighted by molar-refractivity contribution is 5.25. The Balaban J connectivity index is 1.89. The lowest BCUT2D eigenvalue weighted by molar-refractivity contribution is 0.160. The summed E-state index contributed by atoms with van der Waals surface area (Å²) >= 11 is 0. The molecule has 1 aliphatic heterocycles. The van der Waals surface area contributed by atoms with Gasteiger partial charge in [-0.05, 0) is 39.3 Å². The Morgan fingerprint density at radius 1 is 1.33 bits per heavy atom. The van der Waals surface area contributed by atoms with Gasteiger partial charge < -0.3 is 9.88 Å². The average molecular weight is 250 g/mol. The van der Waals surface area contributed by atoms with Crippen molar-refractivity contribution in [3.8, 4) is 0 Å². The molecular formula is C14H26N4. The summed E-state index contributed by atoms with van der Waals surface area (Å²) in [6.07, 6.45) is 9.22. The Hall–Kier alpha value is -1.03. The van der Waals surface area contributed by atoms with Crippen LogP contribution in [0.25, 0.3) is 0 Å². The number of piperidine rings is 1. The van der Waals surface area contributed by atoms with E-state index in [1.807, 2.05) is 6.20 Å². The molecule has 1 unspecified atom stereocenters. The maximum Gasteiger partial charge on any atom is 0.202 e. The van der Waals surface area contributed by atoms with E-state index < -0.39 is 0 Å². The molecule has 1 aromatic rings. The summed E-state index contributed by atoms with van der Waals surface area (Å²) in [5.41, 5.74) is 0. The molecule has 1 aromatic heterocycles. The number of rotatable bonds is 6. The third-order valence-corrected chi connectivity index (χ3v) is 3.72. The van der Waals surface area contributed by atoms with Gasteiger partial charge in [0.1, 0.15) is 0 Å². The smallest absolute Gasteiger partial charge is 0.202 e. The lowest BCUT2D eigenvalue weighted by Crippen LogP contribution is -2.39. The number of nitrogens with zero attached hydrogens (tertiary/aromatic N) is 3. The van der Waals surface area contributed by atoms with Crippen molar-refractivity contribution in [1.82, 2.24) is 14.5 Å². The summed E-state index contributed by atoms with van der Waals surface area (Å²) in [6, 6.07) is 0.599. The van der Waals surface area contributed by atoms with E-state index in [1.54, 1.807) is 0 Å². The summed E-state index contributed by atoms with van der Waals surface area (Å²) < 4.78 is 2.24.